The van der Waals surface area contributed by atoms with Crippen LogP contribution >= 0.6 is 0 Å². The minimum Gasteiger partial charge on any atom is -0.457 e. The van der Waals surface area contributed by atoms with Crippen LogP contribution in [0.5, 0.6) is 11.5 Å². The van der Waals surface area contributed by atoms with E-state index in [1.54, 1.807) is 54.6 Å². The molecule has 0 radical (unpaired) electrons. The van der Waals surface area contributed by atoms with Crippen molar-refractivity contribution in [3.63, 3.8) is 0 Å². The van der Waals surface area contributed by atoms with Crippen molar-refractivity contribution in [2.45, 2.75) is 12.2 Å². The van der Waals surface area contributed by atoms with Gasteiger partial charge in [0, 0.05) is 35.3 Å². The largest absolute Gasteiger partial charge is 0.457 e. The van der Waals surface area contributed by atoms with Crippen LogP contribution in [0.3, 0.4) is 0 Å². The first-order valence-corrected chi connectivity index (χ1v) is 11.1. The van der Waals surface area contributed by atoms with Crippen molar-refractivity contribution < 1.29 is 27.8 Å². The number of nitrogens with one attached hydrogen (secondary N) is 2. The van der Waals surface area contributed by atoms with Gasteiger partial charge in [-0.2, -0.15) is 18.2 Å². The van der Waals surface area contributed by atoms with Gasteiger partial charge in [0.25, 0.3) is 0 Å². The molecule has 0 saturated carbocycles. The van der Waals surface area contributed by atoms with Crippen LogP contribution in [0.4, 0.5) is 36.3 Å². The summed E-state index contributed by atoms with van der Waals surface area (Å²) in [7, 11) is 0. The molecular weight excluding hydrogens is 503 g/mol. The van der Waals surface area contributed by atoms with E-state index >= 15 is 0 Å². The number of nitrogens with zero attached hydrogens (tertiary/aromatic N) is 3. The Labute approximate surface area is 214 Å². The third-order valence-electron chi connectivity index (χ3n) is 5.11. The first kappa shape index (κ1) is 26.3. The fraction of sp³-hybridized carbons (Fsp3) is 0.120. The molecule has 4 rings (SSSR count). The molecule has 2 aromatic carbocycles. The molecule has 1 unspecified atom stereocenters. The molecule has 2 heterocycles. The van der Waals surface area contributed by atoms with E-state index in [0.717, 1.165) is 12.3 Å². The van der Waals surface area contributed by atoms with Crippen molar-refractivity contribution in [3.05, 3.63) is 78.6 Å². The summed E-state index contributed by atoms with van der Waals surface area (Å²) in [6.45, 7) is -0.469. The van der Waals surface area contributed by atoms with Gasteiger partial charge in [-0.05, 0) is 42.5 Å². The van der Waals surface area contributed by atoms with Gasteiger partial charge in [-0.15, -0.1) is 0 Å². The van der Waals surface area contributed by atoms with Crippen molar-refractivity contribution in [3.8, 4) is 22.8 Å². The van der Waals surface area contributed by atoms with Gasteiger partial charge < -0.3 is 31.9 Å². The van der Waals surface area contributed by atoms with Crippen molar-refractivity contribution in [1.82, 2.24) is 15.0 Å². The van der Waals surface area contributed by atoms with Gasteiger partial charge in [-0.1, -0.05) is 12.1 Å². The zero-order valence-electron chi connectivity index (χ0n) is 19.6. The maximum Gasteiger partial charge on any atom is 0.433 e. The number of anilines is 4. The molecule has 10 nitrogen and oxygen atoms in total. The summed E-state index contributed by atoms with van der Waals surface area (Å²) >= 11 is 0. The van der Waals surface area contributed by atoms with Crippen LogP contribution in [0, 0.1) is 0 Å². The summed E-state index contributed by atoms with van der Waals surface area (Å²) in [6.07, 6.45) is -3.54. The lowest BCUT2D eigenvalue weighted by Gasteiger charge is -2.12. The topological polar surface area (TPSA) is 161 Å². The number of hydrogen-bond acceptors (Lipinski definition) is 9. The quantitative estimate of drug-likeness (QED) is 0.229. The highest BCUT2D eigenvalue weighted by Crippen LogP contribution is 2.31. The number of carbonyl (C=O) groups is 1. The van der Waals surface area contributed by atoms with Gasteiger partial charge in [0.1, 0.15) is 29.1 Å². The van der Waals surface area contributed by atoms with Crippen molar-refractivity contribution in [1.29, 1.82) is 0 Å². The Morgan fingerprint density at radius 3 is 2.32 bits per heavy atom. The van der Waals surface area contributed by atoms with E-state index in [9.17, 15) is 18.0 Å². The number of hydrogen-bond donors (Lipinski definition) is 5. The zero-order valence-corrected chi connectivity index (χ0v) is 19.6. The van der Waals surface area contributed by atoms with Crippen molar-refractivity contribution in [2.75, 3.05) is 23.0 Å². The molecule has 13 heteroatoms. The van der Waals surface area contributed by atoms with Gasteiger partial charge >= 0.3 is 6.18 Å². The Hall–Kier alpha value is -4.75. The molecule has 2 aromatic heterocycles. The second kappa shape index (κ2) is 11.1. The van der Waals surface area contributed by atoms with Crippen molar-refractivity contribution >= 4 is 29.0 Å². The Kier molecular flexibility index (Phi) is 7.69. The molecule has 1 amide bonds. The Bertz CT molecular complexity index is 1420. The van der Waals surface area contributed by atoms with E-state index in [1.165, 1.54) is 6.07 Å². The van der Waals surface area contributed by atoms with E-state index in [-0.39, 0.29) is 11.7 Å². The SMILES string of the molecule is Nc1nc(Nc2ccc(Oc3ccnc(C(F)(F)F)c3)cc2)cc(-c2ccc(NC(=O)C(N)CO)cc2)n1. The van der Waals surface area contributed by atoms with Crippen LogP contribution in [0.15, 0.2) is 72.9 Å². The number of amides is 1. The third kappa shape index (κ3) is 6.72. The lowest BCUT2D eigenvalue weighted by Crippen LogP contribution is -2.38. The number of pyridine rings is 1. The maximum atomic E-state index is 12.9. The summed E-state index contributed by atoms with van der Waals surface area (Å²) in [4.78, 5) is 23.6. The number of benzene rings is 2. The summed E-state index contributed by atoms with van der Waals surface area (Å²) in [5.41, 5.74) is 12.7. The average Bonchev–Trinajstić information content (AvgIpc) is 2.89. The van der Waals surface area contributed by atoms with E-state index in [2.05, 4.69) is 25.6 Å². The number of alkyl halides is 3. The van der Waals surface area contributed by atoms with Crippen LogP contribution in [-0.4, -0.2) is 38.6 Å². The number of aliphatic hydroxyl groups excluding tert-OH is 1. The normalized spacial score (nSPS) is 12.0. The number of nitrogen functional groups attached to an aromatic ring is 1. The number of carbonyl (C=O) groups excluding carboxylic acids is 1. The molecule has 38 heavy (non-hydrogen) atoms. The predicted molar refractivity (Wildman–Crippen MR) is 135 cm³/mol. The minimum absolute atomic E-state index is 0.00285. The molecule has 0 saturated heterocycles. The molecule has 0 aliphatic heterocycles. The molecule has 1 atom stereocenters. The standard InChI is InChI=1S/C25H22F3N7O3/c26-25(27,28)21-11-18(9-10-31-21)38-17-7-5-15(6-8-17)32-22-12-20(34-24(30)35-22)14-1-3-16(4-2-14)33-23(37)19(29)13-36/h1-12,19,36H,13,29H2,(H,33,37)(H3,30,32,34,35). The maximum absolute atomic E-state index is 12.9. The van der Waals surface area contributed by atoms with E-state index in [4.69, 9.17) is 21.3 Å². The van der Waals surface area contributed by atoms with Gasteiger partial charge in [0.05, 0.1) is 12.3 Å². The molecule has 0 bridgehead atoms. The second-order valence-corrected chi connectivity index (χ2v) is 7.98. The highest BCUT2D eigenvalue weighted by atomic mass is 19.4. The van der Waals surface area contributed by atoms with Crippen LogP contribution < -0.4 is 26.8 Å². The van der Waals surface area contributed by atoms with Crippen molar-refractivity contribution in [2.24, 2.45) is 5.73 Å². The summed E-state index contributed by atoms with van der Waals surface area (Å²) in [6, 6.07) is 16.0. The third-order valence-corrected chi connectivity index (χ3v) is 5.11. The van der Waals surface area contributed by atoms with Gasteiger partial charge in [0.15, 0.2) is 0 Å². The lowest BCUT2D eigenvalue weighted by molar-refractivity contribution is -0.141. The Morgan fingerprint density at radius 2 is 1.66 bits per heavy atom. The van der Waals surface area contributed by atoms with Gasteiger partial charge in [-0.3, -0.25) is 9.78 Å². The molecule has 0 fully saturated rings. The number of nitrogens with two attached hydrogens (primary N) is 2. The number of halogens is 3. The zero-order chi connectivity index (χ0) is 27.3. The van der Waals surface area contributed by atoms with Crippen LogP contribution in [0.2, 0.25) is 0 Å². The molecule has 4 aromatic rings. The highest BCUT2D eigenvalue weighted by molar-refractivity contribution is 5.95. The van der Waals surface area contributed by atoms with Crippen LogP contribution in [0.25, 0.3) is 11.3 Å². The Balaban J connectivity index is 1.44. The average molecular weight is 525 g/mol. The summed E-state index contributed by atoms with van der Waals surface area (Å²) in [5, 5.41) is 14.7. The lowest BCUT2D eigenvalue weighted by atomic mass is 10.1. The van der Waals surface area contributed by atoms with Gasteiger partial charge in [-0.25, -0.2) is 4.98 Å². The molecule has 0 aliphatic carbocycles. The fourth-order valence-electron chi connectivity index (χ4n) is 3.24. The smallest absolute Gasteiger partial charge is 0.433 e. The summed E-state index contributed by atoms with van der Waals surface area (Å²) in [5.74, 6) is 0.236. The monoisotopic (exact) mass is 525 g/mol. The molecule has 7 N–H and O–H groups in total. The minimum atomic E-state index is -4.57. The predicted octanol–water partition coefficient (Wildman–Crippen LogP) is 3.93. The van der Waals surface area contributed by atoms with E-state index in [0.29, 0.717) is 34.2 Å². The fourth-order valence-corrected chi connectivity index (χ4v) is 3.24. The number of ether oxygens (including phenoxy) is 1. The summed E-state index contributed by atoms with van der Waals surface area (Å²) < 4.78 is 44.1. The number of rotatable bonds is 8. The highest BCUT2D eigenvalue weighted by Gasteiger charge is 2.32. The van der Waals surface area contributed by atoms with E-state index < -0.39 is 30.4 Å². The molecule has 196 valence electrons. The first-order valence-electron chi connectivity index (χ1n) is 11.1. The molecular formula is C25H22F3N7O3. The van der Waals surface area contributed by atoms with Crippen LogP contribution in [0.1, 0.15) is 5.69 Å². The Morgan fingerprint density at radius 1 is 0.974 bits per heavy atom. The van der Waals surface area contributed by atoms with Gasteiger partial charge in [0.2, 0.25) is 11.9 Å². The van der Waals surface area contributed by atoms with E-state index in [1.807, 2.05) is 0 Å². The number of aliphatic hydroxyl groups is 1. The molecule has 0 spiro atoms. The second-order valence-electron chi connectivity index (χ2n) is 7.98. The number of aromatic nitrogens is 3. The first-order chi connectivity index (χ1) is 18.1. The van der Waals surface area contributed by atoms with Crippen LogP contribution in [-0.2, 0) is 11.0 Å². The molecule has 0 aliphatic rings.